The summed E-state index contributed by atoms with van der Waals surface area (Å²) < 4.78 is 0. The Hall–Kier alpha value is -1.85. The maximum atomic E-state index is 11.9. The quantitative estimate of drug-likeness (QED) is 0.736. The number of hydrogen-bond donors (Lipinski definition) is 3. The maximum Gasteiger partial charge on any atom is 0.242 e. The maximum absolute atomic E-state index is 11.9. The van der Waals surface area contributed by atoms with E-state index in [-0.39, 0.29) is 18.0 Å². The van der Waals surface area contributed by atoms with Crippen LogP contribution in [0.5, 0.6) is 0 Å². The standard InChI is InChI=1S/C14H25N5O/c1-6-7-11-18-12(15)9(4)13(19-11)17-10(5)14(20)16-8(2)3/h8,10H,6-7H2,1-5H3,(H,16,20)(H3,15,17,18,19). The van der Waals surface area contributed by atoms with Crippen molar-refractivity contribution >= 4 is 17.5 Å². The molecule has 1 unspecified atom stereocenters. The number of aromatic nitrogens is 2. The van der Waals surface area contributed by atoms with E-state index in [0.29, 0.717) is 17.5 Å². The monoisotopic (exact) mass is 279 g/mol. The highest BCUT2D eigenvalue weighted by atomic mass is 16.2. The number of hydrogen-bond acceptors (Lipinski definition) is 5. The molecule has 6 heteroatoms. The number of nitrogen functional groups attached to an aromatic ring is 1. The SMILES string of the molecule is CCCc1nc(N)c(C)c(NC(C)C(=O)NC(C)C)n1. The topological polar surface area (TPSA) is 92.9 Å². The van der Waals surface area contributed by atoms with Crippen molar-refractivity contribution < 1.29 is 4.79 Å². The summed E-state index contributed by atoms with van der Waals surface area (Å²) >= 11 is 0. The van der Waals surface area contributed by atoms with Crippen LogP contribution >= 0.6 is 0 Å². The molecular formula is C14H25N5O. The third kappa shape index (κ3) is 4.36. The summed E-state index contributed by atoms with van der Waals surface area (Å²) in [5.41, 5.74) is 6.66. The summed E-state index contributed by atoms with van der Waals surface area (Å²) in [7, 11) is 0. The van der Waals surface area contributed by atoms with Gasteiger partial charge >= 0.3 is 0 Å². The molecule has 0 saturated carbocycles. The molecule has 0 radical (unpaired) electrons. The average Bonchev–Trinajstić information content (AvgIpc) is 2.34. The number of nitrogens with zero attached hydrogens (tertiary/aromatic N) is 2. The molecule has 0 aliphatic carbocycles. The van der Waals surface area contributed by atoms with Crippen molar-refractivity contribution in [1.29, 1.82) is 0 Å². The average molecular weight is 279 g/mol. The largest absolute Gasteiger partial charge is 0.383 e. The Morgan fingerprint density at radius 3 is 2.50 bits per heavy atom. The predicted octanol–water partition coefficient (Wildman–Crippen LogP) is 1.64. The Morgan fingerprint density at radius 1 is 1.30 bits per heavy atom. The second-order valence-corrected chi connectivity index (χ2v) is 5.28. The number of anilines is 2. The second-order valence-electron chi connectivity index (χ2n) is 5.28. The second kappa shape index (κ2) is 7.07. The van der Waals surface area contributed by atoms with Gasteiger partial charge in [-0.25, -0.2) is 9.97 Å². The number of nitrogens with two attached hydrogens (primary N) is 1. The summed E-state index contributed by atoms with van der Waals surface area (Å²) in [4.78, 5) is 20.6. The van der Waals surface area contributed by atoms with Crippen LogP contribution < -0.4 is 16.4 Å². The number of carbonyl (C=O) groups excluding carboxylic acids is 1. The fourth-order valence-electron chi connectivity index (χ4n) is 1.74. The molecule has 0 bridgehead atoms. The van der Waals surface area contributed by atoms with Crippen molar-refractivity contribution in [3.63, 3.8) is 0 Å². The normalized spacial score (nSPS) is 12.3. The molecule has 1 rings (SSSR count). The number of carbonyl (C=O) groups is 1. The Kier molecular flexibility index (Phi) is 5.73. The molecule has 0 aliphatic rings. The first-order valence-corrected chi connectivity index (χ1v) is 7.05. The zero-order chi connectivity index (χ0) is 15.3. The molecular weight excluding hydrogens is 254 g/mol. The summed E-state index contributed by atoms with van der Waals surface area (Å²) in [5, 5.41) is 5.97. The van der Waals surface area contributed by atoms with Crippen molar-refractivity contribution in [2.75, 3.05) is 11.1 Å². The first-order chi connectivity index (χ1) is 9.35. The third-order valence-corrected chi connectivity index (χ3v) is 2.88. The van der Waals surface area contributed by atoms with Crippen LogP contribution in [-0.4, -0.2) is 28.0 Å². The third-order valence-electron chi connectivity index (χ3n) is 2.88. The Morgan fingerprint density at radius 2 is 1.95 bits per heavy atom. The van der Waals surface area contributed by atoms with Gasteiger partial charge in [0.15, 0.2) is 0 Å². The molecule has 112 valence electrons. The van der Waals surface area contributed by atoms with Crippen molar-refractivity contribution in [3.05, 3.63) is 11.4 Å². The zero-order valence-electron chi connectivity index (χ0n) is 12.9. The van der Waals surface area contributed by atoms with E-state index in [2.05, 4.69) is 27.5 Å². The number of rotatable bonds is 6. The van der Waals surface area contributed by atoms with Gasteiger partial charge in [-0.3, -0.25) is 4.79 Å². The summed E-state index contributed by atoms with van der Waals surface area (Å²) in [6.45, 7) is 9.57. The fraction of sp³-hybridized carbons (Fsp3) is 0.643. The van der Waals surface area contributed by atoms with Crippen molar-refractivity contribution in [2.24, 2.45) is 0 Å². The molecule has 0 aromatic carbocycles. The minimum Gasteiger partial charge on any atom is -0.383 e. The highest BCUT2D eigenvalue weighted by molar-refractivity contribution is 5.84. The van der Waals surface area contributed by atoms with Gasteiger partial charge in [-0.2, -0.15) is 0 Å². The lowest BCUT2D eigenvalue weighted by atomic mass is 10.2. The molecule has 1 amide bonds. The van der Waals surface area contributed by atoms with Crippen LogP contribution in [0.1, 0.15) is 45.5 Å². The van der Waals surface area contributed by atoms with Gasteiger partial charge in [0.25, 0.3) is 0 Å². The first kappa shape index (κ1) is 16.2. The van der Waals surface area contributed by atoms with E-state index in [0.717, 1.165) is 18.4 Å². The van der Waals surface area contributed by atoms with E-state index in [1.807, 2.05) is 20.8 Å². The fourth-order valence-corrected chi connectivity index (χ4v) is 1.74. The van der Waals surface area contributed by atoms with E-state index in [1.54, 1.807) is 6.92 Å². The van der Waals surface area contributed by atoms with Crippen molar-refractivity contribution in [3.8, 4) is 0 Å². The van der Waals surface area contributed by atoms with E-state index in [1.165, 1.54) is 0 Å². The van der Waals surface area contributed by atoms with Gasteiger partial charge in [-0.15, -0.1) is 0 Å². The lowest BCUT2D eigenvalue weighted by Crippen LogP contribution is -2.41. The van der Waals surface area contributed by atoms with E-state index in [4.69, 9.17) is 5.73 Å². The van der Waals surface area contributed by atoms with Gasteiger partial charge in [-0.1, -0.05) is 6.92 Å². The molecule has 0 saturated heterocycles. The van der Waals surface area contributed by atoms with E-state index >= 15 is 0 Å². The highest BCUT2D eigenvalue weighted by Gasteiger charge is 2.16. The molecule has 1 atom stereocenters. The Bertz CT molecular complexity index is 473. The summed E-state index contributed by atoms with van der Waals surface area (Å²) in [5.74, 6) is 1.73. The van der Waals surface area contributed by atoms with Gasteiger partial charge in [0.2, 0.25) is 5.91 Å². The Labute approximate surface area is 120 Å². The van der Waals surface area contributed by atoms with Gasteiger partial charge in [-0.05, 0) is 34.1 Å². The number of aryl methyl sites for hydroxylation is 1. The molecule has 0 aliphatic heterocycles. The van der Waals surface area contributed by atoms with Crippen LogP contribution in [0, 0.1) is 6.92 Å². The molecule has 6 nitrogen and oxygen atoms in total. The first-order valence-electron chi connectivity index (χ1n) is 7.05. The zero-order valence-corrected chi connectivity index (χ0v) is 12.9. The van der Waals surface area contributed by atoms with Crippen LogP contribution in [0.3, 0.4) is 0 Å². The highest BCUT2D eigenvalue weighted by Crippen LogP contribution is 2.18. The van der Waals surface area contributed by atoms with Gasteiger partial charge in [0.05, 0.1) is 0 Å². The molecule has 0 fully saturated rings. The van der Waals surface area contributed by atoms with Crippen molar-refractivity contribution in [1.82, 2.24) is 15.3 Å². The smallest absolute Gasteiger partial charge is 0.242 e. The predicted molar refractivity (Wildman–Crippen MR) is 81.5 cm³/mol. The lowest BCUT2D eigenvalue weighted by molar-refractivity contribution is -0.122. The van der Waals surface area contributed by atoms with E-state index in [9.17, 15) is 4.79 Å². The Balaban J connectivity index is 2.88. The van der Waals surface area contributed by atoms with Crippen LogP contribution in [-0.2, 0) is 11.2 Å². The van der Waals surface area contributed by atoms with E-state index < -0.39 is 0 Å². The molecule has 1 heterocycles. The van der Waals surface area contributed by atoms with Crippen molar-refractivity contribution in [2.45, 2.75) is 59.5 Å². The van der Waals surface area contributed by atoms with Crippen LogP contribution in [0.25, 0.3) is 0 Å². The molecule has 1 aromatic heterocycles. The number of amides is 1. The number of nitrogens with one attached hydrogen (secondary N) is 2. The molecule has 20 heavy (non-hydrogen) atoms. The summed E-state index contributed by atoms with van der Waals surface area (Å²) in [6, 6.07) is -0.265. The van der Waals surface area contributed by atoms with Crippen LogP contribution in [0.4, 0.5) is 11.6 Å². The molecule has 4 N–H and O–H groups in total. The van der Waals surface area contributed by atoms with Crippen LogP contribution in [0.15, 0.2) is 0 Å². The van der Waals surface area contributed by atoms with Crippen LogP contribution in [0.2, 0.25) is 0 Å². The molecule has 0 spiro atoms. The minimum atomic E-state index is -0.375. The van der Waals surface area contributed by atoms with Gasteiger partial charge < -0.3 is 16.4 Å². The lowest BCUT2D eigenvalue weighted by Gasteiger charge is -2.18. The minimum absolute atomic E-state index is 0.0615. The van der Waals surface area contributed by atoms with Gasteiger partial charge in [0.1, 0.15) is 23.5 Å². The van der Waals surface area contributed by atoms with Gasteiger partial charge in [0, 0.05) is 18.0 Å². The molecule has 1 aromatic rings. The summed E-state index contributed by atoms with van der Waals surface area (Å²) in [6.07, 6.45) is 1.72.